The highest BCUT2D eigenvalue weighted by Gasteiger charge is 2.23. The average Bonchev–Trinajstić information content (AvgIpc) is 3.72. The van der Waals surface area contributed by atoms with Crippen molar-refractivity contribution in [2.45, 2.75) is 0 Å². The molecule has 0 saturated carbocycles. The van der Waals surface area contributed by atoms with Crippen LogP contribution in [0.15, 0.2) is 160 Å². The van der Waals surface area contributed by atoms with Crippen molar-refractivity contribution in [3.05, 3.63) is 152 Å². The summed E-state index contributed by atoms with van der Waals surface area (Å²) in [4.78, 5) is 15.6. The maximum Gasteiger partial charge on any atom is 0.165 e. The van der Waals surface area contributed by atoms with Crippen LogP contribution in [0.4, 0.5) is 0 Å². The molecule has 7 aromatic carbocycles. The van der Waals surface area contributed by atoms with E-state index in [1.54, 1.807) is 0 Å². The Bertz CT molecular complexity index is 2840. The van der Waals surface area contributed by atoms with E-state index in [-0.39, 0.29) is 0 Å². The molecule has 224 valence electrons. The second-order valence-electron chi connectivity index (χ2n) is 12.0. The fourth-order valence-corrected chi connectivity index (χ4v) is 6.93. The van der Waals surface area contributed by atoms with E-state index in [1.165, 1.54) is 0 Å². The van der Waals surface area contributed by atoms with Crippen LogP contribution in [-0.4, -0.2) is 15.0 Å². The van der Waals surface area contributed by atoms with Crippen LogP contribution in [0.25, 0.3) is 99.9 Å². The number of aromatic nitrogens is 3. The summed E-state index contributed by atoms with van der Waals surface area (Å²) in [5.41, 5.74) is 8.09. The summed E-state index contributed by atoms with van der Waals surface area (Å²) in [6.07, 6.45) is 0. The van der Waals surface area contributed by atoms with Crippen LogP contribution in [0.2, 0.25) is 0 Å². The molecule has 0 aliphatic heterocycles. The number of rotatable bonds is 4. The van der Waals surface area contributed by atoms with Crippen molar-refractivity contribution in [1.82, 2.24) is 15.0 Å². The third-order valence-corrected chi connectivity index (χ3v) is 9.15. The number of hydrogen-bond donors (Lipinski definition) is 0. The van der Waals surface area contributed by atoms with Crippen molar-refractivity contribution in [1.29, 1.82) is 0 Å². The van der Waals surface area contributed by atoms with Gasteiger partial charge in [0.25, 0.3) is 0 Å². The molecule has 10 rings (SSSR count). The van der Waals surface area contributed by atoms with E-state index in [1.807, 2.05) is 66.7 Å². The molecule has 0 N–H and O–H groups in total. The summed E-state index contributed by atoms with van der Waals surface area (Å²) in [6, 6.07) is 51.6. The Kier molecular flexibility index (Phi) is 5.81. The first-order chi connectivity index (χ1) is 23.8. The van der Waals surface area contributed by atoms with E-state index >= 15 is 0 Å². The van der Waals surface area contributed by atoms with Crippen LogP contribution >= 0.6 is 0 Å². The average molecular weight is 616 g/mol. The topological polar surface area (TPSA) is 65.0 Å². The molecule has 3 heterocycles. The van der Waals surface area contributed by atoms with Crippen molar-refractivity contribution >= 4 is 54.6 Å². The van der Waals surface area contributed by atoms with E-state index in [0.717, 1.165) is 82.5 Å². The Balaban J connectivity index is 1.32. The van der Waals surface area contributed by atoms with E-state index < -0.39 is 0 Å². The van der Waals surface area contributed by atoms with Crippen LogP contribution in [0.3, 0.4) is 0 Å². The molecule has 5 nitrogen and oxygen atoms in total. The van der Waals surface area contributed by atoms with Gasteiger partial charge in [0.05, 0.1) is 0 Å². The standard InChI is InChI=1S/C43H25N3O2/c1-2-12-27(13-3-1)41-44-42(32-18-10-14-26-11-4-5-15-29(26)32)46-43(45-41)40-30(22-24-38-39(40)33-17-7-9-20-36(33)48-38)28-21-23-37-34(25-28)31-16-6-8-19-35(31)47-37/h1-25H. The smallest absolute Gasteiger partial charge is 0.165 e. The lowest BCUT2D eigenvalue weighted by Gasteiger charge is -2.14. The predicted molar refractivity (Wildman–Crippen MR) is 194 cm³/mol. The van der Waals surface area contributed by atoms with Gasteiger partial charge < -0.3 is 8.83 Å². The molecule has 0 aliphatic rings. The van der Waals surface area contributed by atoms with Crippen LogP contribution in [-0.2, 0) is 0 Å². The second-order valence-corrected chi connectivity index (χ2v) is 12.0. The van der Waals surface area contributed by atoms with Gasteiger partial charge in [0, 0.05) is 38.2 Å². The molecule has 0 aliphatic carbocycles. The number of nitrogens with zero attached hydrogens (tertiary/aromatic N) is 3. The van der Waals surface area contributed by atoms with Gasteiger partial charge in [-0.3, -0.25) is 0 Å². The first kappa shape index (κ1) is 26.6. The van der Waals surface area contributed by atoms with Crippen LogP contribution in [0.1, 0.15) is 0 Å². The van der Waals surface area contributed by atoms with Crippen molar-refractivity contribution in [3.8, 4) is 45.3 Å². The summed E-state index contributed by atoms with van der Waals surface area (Å²) in [5.74, 6) is 1.80. The van der Waals surface area contributed by atoms with E-state index in [4.69, 9.17) is 23.8 Å². The predicted octanol–water partition coefficient (Wildman–Crippen LogP) is 11.5. The molecule has 0 saturated heterocycles. The zero-order chi connectivity index (χ0) is 31.6. The highest BCUT2D eigenvalue weighted by molar-refractivity contribution is 6.16. The number of benzene rings is 7. The van der Waals surface area contributed by atoms with Gasteiger partial charge in [-0.15, -0.1) is 0 Å². The number of para-hydroxylation sites is 2. The lowest BCUT2D eigenvalue weighted by atomic mass is 9.93. The Hall–Kier alpha value is -6.59. The van der Waals surface area contributed by atoms with Crippen molar-refractivity contribution in [2.75, 3.05) is 0 Å². The third-order valence-electron chi connectivity index (χ3n) is 9.15. The fraction of sp³-hybridized carbons (Fsp3) is 0. The Morgan fingerprint density at radius 3 is 1.85 bits per heavy atom. The molecule has 0 atom stereocenters. The lowest BCUT2D eigenvalue weighted by Crippen LogP contribution is -2.02. The maximum atomic E-state index is 6.42. The van der Waals surface area contributed by atoms with Gasteiger partial charge in [-0.1, -0.05) is 115 Å². The molecule has 0 unspecified atom stereocenters. The molecule has 0 amide bonds. The highest BCUT2D eigenvalue weighted by Crippen LogP contribution is 2.44. The molecule has 0 radical (unpaired) electrons. The van der Waals surface area contributed by atoms with Gasteiger partial charge >= 0.3 is 0 Å². The molecule has 0 spiro atoms. The number of hydrogen-bond acceptors (Lipinski definition) is 5. The molecule has 5 heteroatoms. The molecular formula is C43H25N3O2. The summed E-state index contributed by atoms with van der Waals surface area (Å²) in [7, 11) is 0. The zero-order valence-corrected chi connectivity index (χ0v) is 25.6. The van der Waals surface area contributed by atoms with E-state index in [0.29, 0.717) is 17.5 Å². The second kappa shape index (κ2) is 10.5. The molecular weight excluding hydrogens is 590 g/mol. The summed E-state index contributed by atoms with van der Waals surface area (Å²) in [5, 5.41) is 6.32. The summed E-state index contributed by atoms with van der Waals surface area (Å²) >= 11 is 0. The van der Waals surface area contributed by atoms with Gasteiger partial charge in [-0.05, 0) is 58.3 Å². The van der Waals surface area contributed by atoms with E-state index in [9.17, 15) is 0 Å². The Morgan fingerprint density at radius 1 is 0.354 bits per heavy atom. The van der Waals surface area contributed by atoms with E-state index in [2.05, 4.69) is 84.9 Å². The molecule has 48 heavy (non-hydrogen) atoms. The fourth-order valence-electron chi connectivity index (χ4n) is 6.93. The molecule has 10 aromatic rings. The van der Waals surface area contributed by atoms with Crippen molar-refractivity contribution in [3.63, 3.8) is 0 Å². The summed E-state index contributed by atoms with van der Waals surface area (Å²) in [6.45, 7) is 0. The monoisotopic (exact) mass is 615 g/mol. The maximum absolute atomic E-state index is 6.42. The summed E-state index contributed by atoms with van der Waals surface area (Å²) < 4.78 is 12.6. The molecule has 3 aromatic heterocycles. The van der Waals surface area contributed by atoms with Gasteiger partial charge in [-0.25, -0.2) is 15.0 Å². The van der Waals surface area contributed by atoms with Crippen LogP contribution < -0.4 is 0 Å². The van der Waals surface area contributed by atoms with Gasteiger partial charge in [0.15, 0.2) is 17.5 Å². The van der Waals surface area contributed by atoms with Crippen molar-refractivity contribution in [2.24, 2.45) is 0 Å². The quantitative estimate of drug-likeness (QED) is 0.197. The normalized spacial score (nSPS) is 11.8. The minimum atomic E-state index is 0.580. The molecule has 0 fully saturated rings. The SMILES string of the molecule is c1ccc(-c2nc(-c3cccc4ccccc34)nc(-c3c(-c4ccc5oc6ccccc6c5c4)ccc4oc5ccccc5c34)n2)cc1. The Labute approximate surface area is 274 Å². The van der Waals surface area contributed by atoms with Gasteiger partial charge in [-0.2, -0.15) is 0 Å². The first-order valence-electron chi connectivity index (χ1n) is 15.9. The lowest BCUT2D eigenvalue weighted by molar-refractivity contribution is 0.668. The van der Waals surface area contributed by atoms with Crippen LogP contribution in [0, 0.1) is 0 Å². The zero-order valence-electron chi connectivity index (χ0n) is 25.6. The van der Waals surface area contributed by atoms with Crippen LogP contribution in [0.5, 0.6) is 0 Å². The number of fused-ring (bicyclic) bond motifs is 7. The highest BCUT2D eigenvalue weighted by atomic mass is 16.3. The minimum Gasteiger partial charge on any atom is -0.456 e. The van der Waals surface area contributed by atoms with Crippen molar-refractivity contribution < 1.29 is 8.83 Å². The number of furan rings is 2. The third kappa shape index (κ3) is 4.15. The van der Waals surface area contributed by atoms with Gasteiger partial charge in [0.1, 0.15) is 22.3 Å². The van der Waals surface area contributed by atoms with Gasteiger partial charge in [0.2, 0.25) is 0 Å². The largest absolute Gasteiger partial charge is 0.456 e. The molecule has 0 bridgehead atoms. The Morgan fingerprint density at radius 2 is 0.979 bits per heavy atom. The minimum absolute atomic E-state index is 0.580. The first-order valence-corrected chi connectivity index (χ1v) is 15.9.